The van der Waals surface area contributed by atoms with Gasteiger partial charge >= 0.3 is 5.82 Å². The minimum atomic E-state index is -4.36. The number of halogens is 1. The van der Waals surface area contributed by atoms with Gasteiger partial charge in [-0.15, -0.1) is 4.68 Å². The Morgan fingerprint density at radius 1 is 1.18 bits per heavy atom. The van der Waals surface area contributed by atoms with E-state index in [0.717, 1.165) is 15.6 Å². The summed E-state index contributed by atoms with van der Waals surface area (Å²) >= 11 is 3.34. The lowest BCUT2D eigenvalue weighted by Crippen LogP contribution is -2.46. The molecule has 0 spiro atoms. The van der Waals surface area contributed by atoms with Crippen molar-refractivity contribution in [1.29, 1.82) is 0 Å². The Hall–Kier alpha value is -1.64. The number of hydrogen-bond donors (Lipinski definition) is 3. The van der Waals surface area contributed by atoms with Gasteiger partial charge in [-0.3, -0.25) is 10.4 Å². The van der Waals surface area contributed by atoms with Crippen LogP contribution < -0.4 is 15.8 Å². The van der Waals surface area contributed by atoms with Crippen molar-refractivity contribution in [3.8, 4) is 0 Å². The zero-order valence-electron chi connectivity index (χ0n) is 12.4. The molecule has 1 aromatic heterocycles. The van der Waals surface area contributed by atoms with Crippen molar-refractivity contribution in [3.05, 3.63) is 45.6 Å². The molecule has 0 radical (unpaired) electrons. The summed E-state index contributed by atoms with van der Waals surface area (Å²) in [5.41, 5.74) is 2.43. The summed E-state index contributed by atoms with van der Waals surface area (Å²) in [4.78, 5) is -0.152. The number of hydrogen-bond acceptors (Lipinski definition) is 4. The van der Waals surface area contributed by atoms with Gasteiger partial charge in [0.2, 0.25) is 0 Å². The Bertz CT molecular complexity index is 828. The number of nitrogens with two attached hydrogens (primary N) is 1. The fraction of sp³-hybridized carbons (Fsp3) is 0.214. The Kier molecular flexibility index (Phi) is 4.46. The summed E-state index contributed by atoms with van der Waals surface area (Å²) in [6, 6.07) is 5.19. The van der Waals surface area contributed by atoms with Gasteiger partial charge in [-0.2, -0.15) is 8.42 Å². The van der Waals surface area contributed by atoms with E-state index in [1.54, 1.807) is 25.3 Å². The van der Waals surface area contributed by atoms with Crippen LogP contribution in [0.3, 0.4) is 0 Å². The van der Waals surface area contributed by atoms with E-state index >= 15 is 0 Å². The first-order valence-electron chi connectivity index (χ1n) is 6.42. The second-order valence-corrected chi connectivity index (χ2v) is 7.43. The third-order valence-corrected chi connectivity index (χ3v) is 4.67. The third-order valence-electron chi connectivity index (χ3n) is 3.18. The number of nitrogen functional groups attached to an aromatic ring is 1. The van der Waals surface area contributed by atoms with Crippen molar-refractivity contribution in [2.45, 2.75) is 25.7 Å². The van der Waals surface area contributed by atoms with Crippen molar-refractivity contribution < 1.29 is 17.6 Å². The van der Waals surface area contributed by atoms with E-state index < -0.39 is 10.1 Å². The Labute approximate surface area is 137 Å². The molecule has 4 N–H and O–H groups in total. The maximum Gasteiger partial charge on any atom is 0.305 e. The fourth-order valence-corrected chi connectivity index (χ4v) is 3.81. The van der Waals surface area contributed by atoms with E-state index in [-0.39, 0.29) is 10.6 Å². The van der Waals surface area contributed by atoms with Gasteiger partial charge in [-0.25, -0.2) is 5.32 Å². The van der Waals surface area contributed by atoms with Crippen molar-refractivity contribution >= 4 is 37.6 Å². The molecule has 0 saturated heterocycles. The summed E-state index contributed by atoms with van der Waals surface area (Å²) in [6.45, 7) is 5.31. The molecule has 0 atom stereocenters. The van der Waals surface area contributed by atoms with E-state index in [0.29, 0.717) is 11.4 Å². The van der Waals surface area contributed by atoms with Crippen molar-refractivity contribution in [2.24, 2.45) is 0 Å². The minimum absolute atomic E-state index is 0.152. The number of pyridine rings is 1. The molecule has 2 rings (SSSR count). The summed E-state index contributed by atoms with van der Waals surface area (Å²) in [5, 5.41) is 3.00. The predicted octanol–water partition coefficient (Wildman–Crippen LogP) is 2.37. The molecule has 8 heteroatoms. The van der Waals surface area contributed by atoms with Crippen LogP contribution >= 0.6 is 15.9 Å². The molecule has 6 nitrogen and oxygen atoms in total. The van der Waals surface area contributed by atoms with Gasteiger partial charge in [0.15, 0.2) is 0 Å². The largest absolute Gasteiger partial charge is 0.305 e. The van der Waals surface area contributed by atoms with E-state index in [1.165, 1.54) is 4.68 Å². The molecule has 1 aromatic carbocycles. The molecule has 0 bridgehead atoms. The average Bonchev–Trinajstić information content (AvgIpc) is 2.30. The number of aryl methyl sites for hydroxylation is 3. The van der Waals surface area contributed by atoms with Crippen LogP contribution in [-0.2, 0) is 10.1 Å². The van der Waals surface area contributed by atoms with Crippen molar-refractivity contribution in [1.82, 2.24) is 0 Å². The average molecular weight is 387 g/mol. The monoisotopic (exact) mass is 386 g/mol. The van der Waals surface area contributed by atoms with Crippen LogP contribution in [0, 0.1) is 20.8 Å². The molecule has 22 heavy (non-hydrogen) atoms. The Morgan fingerprint density at radius 3 is 2.36 bits per heavy atom. The van der Waals surface area contributed by atoms with Crippen LogP contribution in [0.1, 0.15) is 16.7 Å². The van der Waals surface area contributed by atoms with Gasteiger partial charge in [0, 0.05) is 5.56 Å². The molecule has 0 amide bonds. The van der Waals surface area contributed by atoms with Gasteiger partial charge < -0.3 is 0 Å². The van der Waals surface area contributed by atoms with Gasteiger partial charge in [0.05, 0.1) is 4.47 Å². The lowest BCUT2D eigenvalue weighted by atomic mass is 10.1. The van der Waals surface area contributed by atoms with E-state index in [2.05, 4.69) is 21.2 Å². The molecule has 118 valence electrons. The first kappa shape index (κ1) is 16.7. The number of anilines is 2. The van der Waals surface area contributed by atoms with E-state index in [9.17, 15) is 13.0 Å². The number of nitrogens with zero attached hydrogens (tertiary/aromatic N) is 1. The summed E-state index contributed by atoms with van der Waals surface area (Å²) in [5.74, 6) is 6.44. The summed E-state index contributed by atoms with van der Waals surface area (Å²) < 4.78 is 35.0. The molecule has 2 aromatic rings. The van der Waals surface area contributed by atoms with Crippen LogP contribution in [0.25, 0.3) is 0 Å². The van der Waals surface area contributed by atoms with Gasteiger partial charge in [-0.1, -0.05) is 6.07 Å². The smallest absolute Gasteiger partial charge is 0.282 e. The summed E-state index contributed by atoms with van der Waals surface area (Å²) in [6.07, 6.45) is 1.64. The molecule has 0 unspecified atom stereocenters. The molecule has 0 saturated carbocycles. The van der Waals surface area contributed by atoms with Crippen LogP contribution in [0.15, 0.2) is 33.8 Å². The zero-order valence-corrected chi connectivity index (χ0v) is 14.8. The van der Waals surface area contributed by atoms with E-state index in [4.69, 9.17) is 5.84 Å². The molecule has 0 aliphatic heterocycles. The van der Waals surface area contributed by atoms with Crippen LogP contribution in [0.4, 0.5) is 11.5 Å². The van der Waals surface area contributed by atoms with Crippen LogP contribution in [0.2, 0.25) is 0 Å². The highest BCUT2D eigenvalue weighted by Crippen LogP contribution is 2.29. The second kappa shape index (κ2) is 5.86. The lowest BCUT2D eigenvalue weighted by molar-refractivity contribution is -0.624. The lowest BCUT2D eigenvalue weighted by Gasteiger charge is -2.11. The topological polar surface area (TPSA) is 96.3 Å². The SMILES string of the molecule is Cc1cc(C)c(S(=O)(=O)O)c(Nc2c(C)cc(Br)c[n+]2N)c1. The van der Waals surface area contributed by atoms with Crippen LogP contribution in [0.5, 0.6) is 0 Å². The number of nitrogens with one attached hydrogen (secondary N) is 1. The first-order valence-corrected chi connectivity index (χ1v) is 8.65. The van der Waals surface area contributed by atoms with Crippen molar-refractivity contribution in [2.75, 3.05) is 11.2 Å². The number of benzene rings is 1. The highest BCUT2D eigenvalue weighted by atomic mass is 79.9. The second-order valence-electron chi connectivity index (χ2n) is 5.16. The summed E-state index contributed by atoms with van der Waals surface area (Å²) in [7, 11) is -4.36. The quantitative estimate of drug-likeness (QED) is 0.427. The number of rotatable bonds is 3. The van der Waals surface area contributed by atoms with Gasteiger partial charge in [0.25, 0.3) is 10.1 Å². The Balaban J connectivity index is 2.65. The molecule has 0 fully saturated rings. The fourth-order valence-electron chi connectivity index (χ4n) is 2.39. The molecule has 1 heterocycles. The highest BCUT2D eigenvalue weighted by Gasteiger charge is 2.24. The maximum atomic E-state index is 11.7. The first-order chi connectivity index (χ1) is 10.1. The number of aromatic nitrogens is 1. The molecular weight excluding hydrogens is 370 g/mol. The molecule has 0 aliphatic rings. The van der Waals surface area contributed by atoms with Crippen molar-refractivity contribution in [3.63, 3.8) is 0 Å². The maximum absolute atomic E-state index is 11.7. The highest BCUT2D eigenvalue weighted by molar-refractivity contribution is 9.10. The molecule has 0 aliphatic carbocycles. The zero-order chi connectivity index (χ0) is 16.7. The van der Waals surface area contributed by atoms with Gasteiger partial charge in [-0.05, 0) is 60.0 Å². The standard InChI is InChI=1S/C14H16BrN3O3S/c1-8-4-9(2)13(22(19,20)21)12(5-8)17-14-10(3)6-11(15)7-18(14)16/h4-7H,16H2,1-3H3,(H,19,20,21)/p+1. The normalized spacial score (nSPS) is 11.5. The predicted molar refractivity (Wildman–Crippen MR) is 88.2 cm³/mol. The Morgan fingerprint density at radius 2 is 1.82 bits per heavy atom. The molecular formula is C14H17BrN3O3S+. The third kappa shape index (κ3) is 3.40. The van der Waals surface area contributed by atoms with Gasteiger partial charge in [0.1, 0.15) is 16.8 Å². The van der Waals surface area contributed by atoms with Crippen LogP contribution in [-0.4, -0.2) is 13.0 Å². The van der Waals surface area contributed by atoms with E-state index in [1.807, 2.05) is 19.9 Å². The minimum Gasteiger partial charge on any atom is -0.282 e.